The Hall–Kier alpha value is -0.910. The zero-order valence-corrected chi connectivity index (χ0v) is 10.9. The average Bonchev–Trinajstić information content (AvgIpc) is 2.98. The number of nitrogens with zero attached hydrogens (tertiary/aromatic N) is 1. The third-order valence-electron chi connectivity index (χ3n) is 3.19. The predicted molar refractivity (Wildman–Crippen MR) is 67.2 cm³/mol. The largest absolute Gasteiger partial charge is 0.389 e. The van der Waals surface area contributed by atoms with E-state index in [2.05, 4.69) is 10.5 Å². The number of aliphatic hydroxyl groups is 1. The molecular weight excluding hydrogens is 232 g/mol. The molecule has 1 aromatic rings. The third-order valence-corrected chi connectivity index (χ3v) is 3.19. The first-order valence-corrected chi connectivity index (χ1v) is 6.66. The van der Waals surface area contributed by atoms with Crippen LogP contribution in [0.25, 0.3) is 0 Å². The Morgan fingerprint density at radius 3 is 3.00 bits per heavy atom. The van der Waals surface area contributed by atoms with Crippen molar-refractivity contribution >= 4 is 0 Å². The fourth-order valence-electron chi connectivity index (χ4n) is 2.23. The van der Waals surface area contributed by atoms with E-state index in [1.807, 2.05) is 13.0 Å². The summed E-state index contributed by atoms with van der Waals surface area (Å²) in [7, 11) is 0. The van der Waals surface area contributed by atoms with Gasteiger partial charge in [-0.1, -0.05) is 18.0 Å². The van der Waals surface area contributed by atoms with Gasteiger partial charge in [0.15, 0.2) is 0 Å². The van der Waals surface area contributed by atoms with Gasteiger partial charge in [-0.3, -0.25) is 0 Å². The summed E-state index contributed by atoms with van der Waals surface area (Å²) in [5, 5.41) is 16.8. The molecule has 5 nitrogen and oxygen atoms in total. The molecule has 2 rings (SSSR count). The van der Waals surface area contributed by atoms with E-state index in [0.717, 1.165) is 24.3 Å². The van der Waals surface area contributed by atoms with E-state index < -0.39 is 6.10 Å². The van der Waals surface area contributed by atoms with Crippen LogP contribution < -0.4 is 5.32 Å². The standard InChI is InChI=1S/C13H22N2O3/c1-10-6-11(15-18-10)7-14-8-12(16)9-17-13-4-2-3-5-13/h6,12-14,16H,2-5,7-9H2,1H3. The number of aliphatic hydroxyl groups excluding tert-OH is 1. The highest BCUT2D eigenvalue weighted by atomic mass is 16.5. The fourth-order valence-corrected chi connectivity index (χ4v) is 2.23. The summed E-state index contributed by atoms with van der Waals surface area (Å²) in [6.45, 7) is 3.40. The second-order valence-corrected chi connectivity index (χ2v) is 4.95. The van der Waals surface area contributed by atoms with Crippen molar-refractivity contribution in [2.24, 2.45) is 0 Å². The molecule has 0 aromatic carbocycles. The van der Waals surface area contributed by atoms with Gasteiger partial charge in [-0.15, -0.1) is 0 Å². The summed E-state index contributed by atoms with van der Waals surface area (Å²) >= 11 is 0. The molecular formula is C13H22N2O3. The average molecular weight is 254 g/mol. The van der Waals surface area contributed by atoms with Crippen molar-refractivity contribution in [1.29, 1.82) is 0 Å². The molecule has 2 N–H and O–H groups in total. The highest BCUT2D eigenvalue weighted by molar-refractivity contribution is 5.02. The first-order valence-electron chi connectivity index (χ1n) is 6.66. The molecule has 1 saturated carbocycles. The van der Waals surface area contributed by atoms with Crippen molar-refractivity contribution in [3.63, 3.8) is 0 Å². The van der Waals surface area contributed by atoms with E-state index in [1.54, 1.807) is 0 Å². The van der Waals surface area contributed by atoms with Crippen molar-refractivity contribution in [2.75, 3.05) is 13.2 Å². The van der Waals surface area contributed by atoms with E-state index >= 15 is 0 Å². The number of aromatic nitrogens is 1. The number of hydrogen-bond donors (Lipinski definition) is 2. The summed E-state index contributed by atoms with van der Waals surface area (Å²) in [6.07, 6.45) is 4.68. The molecule has 1 unspecified atom stereocenters. The first kappa shape index (κ1) is 13.5. The molecule has 0 spiro atoms. The Balaban J connectivity index is 1.55. The van der Waals surface area contributed by atoms with Gasteiger partial charge in [0.2, 0.25) is 0 Å². The predicted octanol–water partition coefficient (Wildman–Crippen LogP) is 1.39. The quantitative estimate of drug-likeness (QED) is 0.769. The van der Waals surface area contributed by atoms with E-state index in [9.17, 15) is 5.11 Å². The summed E-state index contributed by atoms with van der Waals surface area (Å²) in [4.78, 5) is 0. The highest BCUT2D eigenvalue weighted by Gasteiger charge is 2.16. The maximum atomic E-state index is 9.76. The van der Waals surface area contributed by atoms with Gasteiger partial charge in [0.25, 0.3) is 0 Å². The van der Waals surface area contributed by atoms with Crippen LogP contribution in [-0.2, 0) is 11.3 Å². The van der Waals surface area contributed by atoms with Gasteiger partial charge in [0.1, 0.15) is 5.76 Å². The van der Waals surface area contributed by atoms with E-state index in [4.69, 9.17) is 9.26 Å². The minimum absolute atomic E-state index is 0.359. The third kappa shape index (κ3) is 4.40. The lowest BCUT2D eigenvalue weighted by Crippen LogP contribution is -2.31. The van der Waals surface area contributed by atoms with Gasteiger partial charge >= 0.3 is 0 Å². The highest BCUT2D eigenvalue weighted by Crippen LogP contribution is 2.20. The Morgan fingerprint density at radius 2 is 2.33 bits per heavy atom. The number of rotatable bonds is 7. The van der Waals surface area contributed by atoms with E-state index in [-0.39, 0.29) is 0 Å². The second kappa shape index (κ2) is 6.87. The number of nitrogens with one attached hydrogen (secondary N) is 1. The van der Waals surface area contributed by atoms with Gasteiger partial charge in [0, 0.05) is 19.2 Å². The van der Waals surface area contributed by atoms with Gasteiger partial charge in [0.05, 0.1) is 24.5 Å². The minimum Gasteiger partial charge on any atom is -0.389 e. The molecule has 1 atom stereocenters. The maximum Gasteiger partial charge on any atom is 0.133 e. The maximum absolute atomic E-state index is 9.76. The van der Waals surface area contributed by atoms with Crippen LogP contribution in [0.3, 0.4) is 0 Å². The van der Waals surface area contributed by atoms with Crippen LogP contribution in [0.2, 0.25) is 0 Å². The summed E-state index contributed by atoms with van der Waals surface area (Å²) in [5.74, 6) is 0.803. The summed E-state index contributed by atoms with van der Waals surface area (Å²) in [5.41, 5.74) is 0.858. The monoisotopic (exact) mass is 254 g/mol. The lowest BCUT2D eigenvalue weighted by atomic mass is 10.3. The Labute approximate surface area is 107 Å². The van der Waals surface area contributed by atoms with Crippen LogP contribution >= 0.6 is 0 Å². The van der Waals surface area contributed by atoms with Crippen molar-refractivity contribution in [3.8, 4) is 0 Å². The van der Waals surface area contributed by atoms with Crippen molar-refractivity contribution < 1.29 is 14.4 Å². The van der Waals surface area contributed by atoms with Crippen LogP contribution in [0.5, 0.6) is 0 Å². The zero-order valence-electron chi connectivity index (χ0n) is 10.9. The topological polar surface area (TPSA) is 67.5 Å². The second-order valence-electron chi connectivity index (χ2n) is 4.95. The molecule has 18 heavy (non-hydrogen) atoms. The summed E-state index contributed by atoms with van der Waals surface area (Å²) in [6, 6.07) is 1.88. The fraction of sp³-hybridized carbons (Fsp3) is 0.769. The normalized spacial score (nSPS) is 18.3. The molecule has 5 heteroatoms. The lowest BCUT2D eigenvalue weighted by molar-refractivity contribution is -0.00553. The van der Waals surface area contributed by atoms with Gasteiger partial charge in [-0.05, 0) is 19.8 Å². The molecule has 0 aliphatic heterocycles. The van der Waals surface area contributed by atoms with Crippen LogP contribution in [0.15, 0.2) is 10.6 Å². The van der Waals surface area contributed by atoms with Gasteiger partial charge in [-0.25, -0.2) is 0 Å². The molecule has 1 aliphatic rings. The Kier molecular flexibility index (Phi) is 5.16. The molecule has 1 aliphatic carbocycles. The molecule has 1 heterocycles. The molecule has 1 aromatic heterocycles. The van der Waals surface area contributed by atoms with Gasteiger partial charge in [-0.2, -0.15) is 0 Å². The molecule has 0 radical (unpaired) electrons. The van der Waals surface area contributed by atoms with E-state index in [1.165, 1.54) is 12.8 Å². The van der Waals surface area contributed by atoms with Crippen LogP contribution in [0.1, 0.15) is 37.1 Å². The lowest BCUT2D eigenvalue weighted by Gasteiger charge is -2.15. The molecule has 1 fully saturated rings. The van der Waals surface area contributed by atoms with Gasteiger partial charge < -0.3 is 19.7 Å². The molecule has 102 valence electrons. The number of aryl methyl sites for hydroxylation is 1. The van der Waals surface area contributed by atoms with Crippen molar-refractivity contribution in [2.45, 2.75) is 51.4 Å². The molecule has 0 bridgehead atoms. The van der Waals surface area contributed by atoms with Crippen molar-refractivity contribution in [1.82, 2.24) is 10.5 Å². The van der Waals surface area contributed by atoms with E-state index in [0.29, 0.717) is 25.8 Å². The smallest absolute Gasteiger partial charge is 0.133 e. The Morgan fingerprint density at radius 1 is 1.56 bits per heavy atom. The number of ether oxygens (including phenoxy) is 1. The van der Waals surface area contributed by atoms with Crippen LogP contribution in [0, 0.1) is 6.92 Å². The van der Waals surface area contributed by atoms with Crippen LogP contribution in [0.4, 0.5) is 0 Å². The number of hydrogen-bond acceptors (Lipinski definition) is 5. The Bertz CT molecular complexity index is 348. The molecule has 0 saturated heterocycles. The van der Waals surface area contributed by atoms with Crippen LogP contribution in [-0.4, -0.2) is 35.6 Å². The summed E-state index contributed by atoms with van der Waals surface area (Å²) < 4.78 is 10.6. The molecule has 0 amide bonds. The van der Waals surface area contributed by atoms with Crippen molar-refractivity contribution in [3.05, 3.63) is 17.5 Å². The minimum atomic E-state index is -0.460. The zero-order chi connectivity index (χ0) is 12.8. The first-order chi connectivity index (χ1) is 8.74. The SMILES string of the molecule is Cc1cc(CNCC(O)COC2CCCC2)no1.